The predicted molar refractivity (Wildman–Crippen MR) is 52.6 cm³/mol. The second kappa shape index (κ2) is 3.79. The number of ketones is 1. The van der Waals surface area contributed by atoms with Crippen molar-refractivity contribution < 1.29 is 4.79 Å². The average molecular weight is 181 g/mol. The van der Waals surface area contributed by atoms with Crippen LogP contribution >= 0.6 is 0 Å². The van der Waals surface area contributed by atoms with Crippen LogP contribution in [0.2, 0.25) is 0 Å². The normalized spacial score (nSPS) is 32.7. The Kier molecular flexibility index (Phi) is 2.68. The summed E-state index contributed by atoms with van der Waals surface area (Å²) in [7, 11) is 2.20. The Balaban J connectivity index is 1.84. The Labute approximate surface area is 80.3 Å². The summed E-state index contributed by atoms with van der Waals surface area (Å²) in [6.07, 6.45) is 5.39. The van der Waals surface area contributed by atoms with Crippen LogP contribution in [0.5, 0.6) is 0 Å². The van der Waals surface area contributed by atoms with Crippen LogP contribution in [-0.4, -0.2) is 30.8 Å². The highest BCUT2D eigenvalue weighted by molar-refractivity contribution is 5.79. The third-order valence-electron chi connectivity index (χ3n) is 3.68. The first-order chi connectivity index (χ1) is 6.25. The molecule has 0 bridgehead atoms. The second-order valence-electron chi connectivity index (χ2n) is 4.69. The van der Waals surface area contributed by atoms with Gasteiger partial charge in [-0.05, 0) is 44.7 Å². The van der Waals surface area contributed by atoms with Crippen LogP contribution < -0.4 is 0 Å². The molecule has 1 unspecified atom stereocenters. The predicted octanol–water partition coefficient (Wildman–Crippen LogP) is 1.70. The first-order valence-electron chi connectivity index (χ1n) is 5.46. The van der Waals surface area contributed by atoms with Crippen molar-refractivity contribution in [2.75, 3.05) is 20.1 Å². The third-order valence-corrected chi connectivity index (χ3v) is 3.68. The summed E-state index contributed by atoms with van der Waals surface area (Å²) in [5, 5.41) is 0. The van der Waals surface area contributed by atoms with Crippen LogP contribution in [-0.2, 0) is 4.79 Å². The molecule has 0 aromatic rings. The Morgan fingerprint density at radius 2 is 1.85 bits per heavy atom. The zero-order valence-corrected chi connectivity index (χ0v) is 8.46. The molecule has 2 nitrogen and oxygen atoms in total. The summed E-state index contributed by atoms with van der Waals surface area (Å²) in [5.74, 6) is 2.23. The van der Waals surface area contributed by atoms with Gasteiger partial charge in [0.2, 0.25) is 0 Å². The lowest BCUT2D eigenvalue weighted by atomic mass is 9.79. The molecule has 0 aromatic carbocycles. The van der Waals surface area contributed by atoms with Crippen molar-refractivity contribution in [3.05, 3.63) is 0 Å². The zero-order chi connectivity index (χ0) is 9.26. The van der Waals surface area contributed by atoms with Gasteiger partial charge in [0, 0.05) is 19.4 Å². The summed E-state index contributed by atoms with van der Waals surface area (Å²) < 4.78 is 0. The molecule has 13 heavy (non-hydrogen) atoms. The van der Waals surface area contributed by atoms with E-state index in [1.54, 1.807) is 0 Å². The van der Waals surface area contributed by atoms with E-state index < -0.39 is 0 Å². The maximum Gasteiger partial charge on any atom is 0.132 e. The van der Waals surface area contributed by atoms with Gasteiger partial charge in [-0.25, -0.2) is 0 Å². The standard InChI is InChI=1S/C11H19NO/c1-12-7-6-10(8-12)9-2-4-11(13)5-3-9/h9-10H,2-8H2,1H3. The molecule has 74 valence electrons. The lowest BCUT2D eigenvalue weighted by Gasteiger charge is -2.26. The molecule has 0 radical (unpaired) electrons. The summed E-state index contributed by atoms with van der Waals surface area (Å²) in [4.78, 5) is 13.5. The van der Waals surface area contributed by atoms with E-state index in [1.807, 2.05) is 0 Å². The molecule has 2 rings (SSSR count). The first-order valence-corrected chi connectivity index (χ1v) is 5.46. The fourth-order valence-electron chi connectivity index (χ4n) is 2.79. The molecular weight excluding hydrogens is 162 g/mol. The van der Waals surface area contributed by atoms with Crippen molar-refractivity contribution in [1.82, 2.24) is 4.90 Å². The fraction of sp³-hybridized carbons (Fsp3) is 0.909. The largest absolute Gasteiger partial charge is 0.306 e. The van der Waals surface area contributed by atoms with Crippen molar-refractivity contribution in [2.24, 2.45) is 11.8 Å². The number of Topliss-reactive ketones (excluding diaryl/α,β-unsaturated/α-hetero) is 1. The summed E-state index contributed by atoms with van der Waals surface area (Å²) in [6.45, 7) is 2.52. The van der Waals surface area contributed by atoms with Crippen LogP contribution in [0.3, 0.4) is 0 Å². The molecule has 0 amide bonds. The highest BCUT2D eigenvalue weighted by Gasteiger charge is 2.30. The smallest absolute Gasteiger partial charge is 0.132 e. The molecule has 1 aliphatic carbocycles. The quantitative estimate of drug-likeness (QED) is 0.613. The minimum absolute atomic E-state index is 0.489. The molecule has 2 heteroatoms. The monoisotopic (exact) mass is 181 g/mol. The topological polar surface area (TPSA) is 20.3 Å². The Morgan fingerprint density at radius 1 is 1.15 bits per heavy atom. The highest BCUT2D eigenvalue weighted by atomic mass is 16.1. The van der Waals surface area contributed by atoms with E-state index in [0.29, 0.717) is 5.78 Å². The van der Waals surface area contributed by atoms with Gasteiger partial charge >= 0.3 is 0 Å². The molecule has 1 saturated heterocycles. The third kappa shape index (κ3) is 2.11. The van der Waals surface area contributed by atoms with Gasteiger partial charge in [-0.2, -0.15) is 0 Å². The van der Waals surface area contributed by atoms with E-state index >= 15 is 0 Å². The number of nitrogens with zero attached hydrogens (tertiary/aromatic N) is 1. The average Bonchev–Trinajstić information content (AvgIpc) is 2.53. The Morgan fingerprint density at radius 3 is 2.38 bits per heavy atom. The number of carbonyl (C=O) groups is 1. The summed E-state index contributed by atoms with van der Waals surface area (Å²) >= 11 is 0. The first kappa shape index (κ1) is 9.20. The van der Waals surface area contributed by atoms with Gasteiger partial charge < -0.3 is 4.90 Å². The number of likely N-dealkylation sites (tertiary alicyclic amines) is 1. The number of carbonyl (C=O) groups excluding carboxylic acids is 1. The van der Waals surface area contributed by atoms with E-state index in [-0.39, 0.29) is 0 Å². The van der Waals surface area contributed by atoms with E-state index in [0.717, 1.165) is 37.5 Å². The molecule has 1 heterocycles. The Bertz CT molecular complexity index is 192. The maximum atomic E-state index is 11.1. The number of hydrogen-bond acceptors (Lipinski definition) is 2. The van der Waals surface area contributed by atoms with E-state index in [4.69, 9.17) is 0 Å². The molecule has 0 N–H and O–H groups in total. The molecule has 1 saturated carbocycles. The number of rotatable bonds is 1. The molecule has 2 fully saturated rings. The molecule has 0 spiro atoms. The molecule has 2 aliphatic rings. The lowest BCUT2D eigenvalue weighted by Crippen LogP contribution is -2.24. The summed E-state index contributed by atoms with van der Waals surface area (Å²) in [6, 6.07) is 0. The van der Waals surface area contributed by atoms with E-state index in [1.165, 1.54) is 19.5 Å². The fourth-order valence-corrected chi connectivity index (χ4v) is 2.79. The minimum atomic E-state index is 0.489. The van der Waals surface area contributed by atoms with Gasteiger partial charge in [0.1, 0.15) is 5.78 Å². The second-order valence-corrected chi connectivity index (χ2v) is 4.69. The lowest BCUT2D eigenvalue weighted by molar-refractivity contribution is -0.121. The van der Waals surface area contributed by atoms with Crippen LogP contribution in [0.4, 0.5) is 0 Å². The molecule has 0 aromatic heterocycles. The van der Waals surface area contributed by atoms with Gasteiger partial charge in [0.25, 0.3) is 0 Å². The van der Waals surface area contributed by atoms with E-state index in [9.17, 15) is 4.79 Å². The van der Waals surface area contributed by atoms with Crippen LogP contribution in [0.25, 0.3) is 0 Å². The summed E-state index contributed by atoms with van der Waals surface area (Å²) in [5.41, 5.74) is 0. The van der Waals surface area contributed by atoms with Gasteiger partial charge in [-0.3, -0.25) is 4.79 Å². The molecule has 1 aliphatic heterocycles. The van der Waals surface area contributed by atoms with Crippen molar-refractivity contribution in [3.8, 4) is 0 Å². The van der Waals surface area contributed by atoms with Crippen LogP contribution in [0.1, 0.15) is 32.1 Å². The van der Waals surface area contributed by atoms with Gasteiger partial charge in [-0.15, -0.1) is 0 Å². The van der Waals surface area contributed by atoms with E-state index in [2.05, 4.69) is 11.9 Å². The Hall–Kier alpha value is -0.370. The molecule has 1 atom stereocenters. The van der Waals surface area contributed by atoms with Crippen LogP contribution in [0, 0.1) is 11.8 Å². The number of hydrogen-bond donors (Lipinski definition) is 0. The highest BCUT2D eigenvalue weighted by Crippen LogP contribution is 2.33. The SMILES string of the molecule is CN1CCC(C2CCC(=O)CC2)C1. The van der Waals surface area contributed by atoms with Crippen molar-refractivity contribution in [3.63, 3.8) is 0 Å². The maximum absolute atomic E-state index is 11.1. The zero-order valence-electron chi connectivity index (χ0n) is 8.46. The van der Waals surface area contributed by atoms with Crippen molar-refractivity contribution in [2.45, 2.75) is 32.1 Å². The van der Waals surface area contributed by atoms with Crippen molar-refractivity contribution in [1.29, 1.82) is 0 Å². The van der Waals surface area contributed by atoms with Crippen LogP contribution in [0.15, 0.2) is 0 Å². The minimum Gasteiger partial charge on any atom is -0.306 e. The molecular formula is C11H19NO. The van der Waals surface area contributed by atoms with Gasteiger partial charge in [0.15, 0.2) is 0 Å². The van der Waals surface area contributed by atoms with Gasteiger partial charge in [0.05, 0.1) is 0 Å². The van der Waals surface area contributed by atoms with Gasteiger partial charge in [-0.1, -0.05) is 0 Å². The van der Waals surface area contributed by atoms with Crippen molar-refractivity contribution >= 4 is 5.78 Å².